The Labute approximate surface area is 134 Å². The number of fused-ring (bicyclic) bond motifs is 1. The number of nitrogens with zero attached hydrogens (tertiary/aromatic N) is 2. The number of hydrogen-bond donors (Lipinski definition) is 1. The van der Waals surface area contributed by atoms with Gasteiger partial charge < -0.3 is 5.11 Å². The molecule has 0 aliphatic heterocycles. The van der Waals surface area contributed by atoms with Crippen LogP contribution in [0.1, 0.15) is 5.56 Å². The third-order valence-corrected chi connectivity index (χ3v) is 4.05. The van der Waals surface area contributed by atoms with E-state index in [0.717, 1.165) is 33.6 Å². The van der Waals surface area contributed by atoms with Crippen molar-refractivity contribution in [3.63, 3.8) is 0 Å². The van der Waals surface area contributed by atoms with Gasteiger partial charge in [0, 0.05) is 11.8 Å². The lowest BCUT2D eigenvalue weighted by Crippen LogP contribution is -1.89. The number of benzene rings is 2. The molecule has 0 radical (unpaired) electrons. The summed E-state index contributed by atoms with van der Waals surface area (Å²) < 4.78 is 2.10. The number of aliphatic hydroxyl groups excluding tert-OH is 1. The standard InChI is InChI=1S/C20H16N2O/c23-14-15-6-8-16(9-7-15)18-10-11-22-19(13-21-20(22)12-18)17-4-2-1-3-5-17/h1-13,23H,14H2. The summed E-state index contributed by atoms with van der Waals surface area (Å²) in [6.07, 6.45) is 3.96. The summed E-state index contributed by atoms with van der Waals surface area (Å²) in [4.78, 5) is 4.54. The van der Waals surface area contributed by atoms with Gasteiger partial charge in [0.05, 0.1) is 18.5 Å². The van der Waals surface area contributed by atoms with Crippen LogP contribution < -0.4 is 0 Å². The van der Waals surface area contributed by atoms with Crippen LogP contribution in [0.3, 0.4) is 0 Å². The SMILES string of the molecule is OCc1ccc(-c2ccn3c(-c4ccccc4)cnc3c2)cc1. The number of aliphatic hydroxyl groups is 1. The van der Waals surface area contributed by atoms with E-state index in [4.69, 9.17) is 5.11 Å². The van der Waals surface area contributed by atoms with Gasteiger partial charge in [-0.15, -0.1) is 0 Å². The van der Waals surface area contributed by atoms with Crippen molar-refractivity contribution < 1.29 is 5.11 Å². The maximum Gasteiger partial charge on any atom is 0.137 e. The monoisotopic (exact) mass is 300 g/mol. The Morgan fingerprint density at radius 1 is 0.826 bits per heavy atom. The van der Waals surface area contributed by atoms with Crippen LogP contribution in [0, 0.1) is 0 Å². The molecular formula is C20H16N2O. The average molecular weight is 300 g/mol. The number of hydrogen-bond acceptors (Lipinski definition) is 2. The van der Waals surface area contributed by atoms with Crippen LogP contribution in [0.2, 0.25) is 0 Å². The summed E-state index contributed by atoms with van der Waals surface area (Å²) in [7, 11) is 0. The van der Waals surface area contributed by atoms with Crippen molar-refractivity contribution in [3.05, 3.63) is 84.7 Å². The van der Waals surface area contributed by atoms with Gasteiger partial charge in [-0.25, -0.2) is 4.98 Å². The fourth-order valence-electron chi connectivity index (χ4n) is 2.79. The summed E-state index contributed by atoms with van der Waals surface area (Å²) in [6.45, 7) is 0.0695. The number of pyridine rings is 1. The largest absolute Gasteiger partial charge is 0.392 e. The molecule has 2 heterocycles. The van der Waals surface area contributed by atoms with Crippen LogP contribution >= 0.6 is 0 Å². The summed E-state index contributed by atoms with van der Waals surface area (Å²) >= 11 is 0. The van der Waals surface area contributed by atoms with E-state index in [1.165, 1.54) is 0 Å². The fraction of sp³-hybridized carbons (Fsp3) is 0.0500. The fourth-order valence-corrected chi connectivity index (χ4v) is 2.79. The van der Waals surface area contributed by atoms with E-state index >= 15 is 0 Å². The molecule has 0 unspecified atom stereocenters. The Balaban J connectivity index is 1.77. The topological polar surface area (TPSA) is 37.5 Å². The molecule has 3 heteroatoms. The highest BCUT2D eigenvalue weighted by Gasteiger charge is 2.07. The first-order valence-corrected chi connectivity index (χ1v) is 7.58. The molecule has 4 rings (SSSR count). The average Bonchev–Trinajstić information content (AvgIpc) is 3.06. The molecule has 0 saturated heterocycles. The maximum atomic E-state index is 9.14. The first kappa shape index (κ1) is 13.7. The molecular weight excluding hydrogens is 284 g/mol. The van der Waals surface area contributed by atoms with Gasteiger partial charge in [0.2, 0.25) is 0 Å². The van der Waals surface area contributed by atoms with E-state index in [1.54, 1.807) is 0 Å². The normalized spacial score (nSPS) is 11.0. The molecule has 2 aromatic carbocycles. The quantitative estimate of drug-likeness (QED) is 0.617. The van der Waals surface area contributed by atoms with Gasteiger partial charge in [0.15, 0.2) is 0 Å². The molecule has 2 aromatic heterocycles. The van der Waals surface area contributed by atoms with Crippen LogP contribution in [-0.4, -0.2) is 14.5 Å². The van der Waals surface area contributed by atoms with Gasteiger partial charge in [-0.05, 0) is 28.8 Å². The van der Waals surface area contributed by atoms with Gasteiger partial charge in [0.25, 0.3) is 0 Å². The van der Waals surface area contributed by atoms with Crippen molar-refractivity contribution in [3.8, 4) is 22.4 Å². The molecule has 0 aliphatic carbocycles. The van der Waals surface area contributed by atoms with Crippen LogP contribution in [0.25, 0.3) is 28.0 Å². The summed E-state index contributed by atoms with van der Waals surface area (Å²) in [5.41, 5.74) is 6.32. The van der Waals surface area contributed by atoms with Crippen LogP contribution in [0.4, 0.5) is 0 Å². The number of aromatic nitrogens is 2. The van der Waals surface area contributed by atoms with Gasteiger partial charge >= 0.3 is 0 Å². The molecule has 0 fully saturated rings. The predicted octanol–water partition coefficient (Wildman–Crippen LogP) is 4.16. The lowest BCUT2D eigenvalue weighted by atomic mass is 10.1. The highest BCUT2D eigenvalue weighted by molar-refractivity contribution is 5.70. The smallest absolute Gasteiger partial charge is 0.137 e. The highest BCUT2D eigenvalue weighted by atomic mass is 16.3. The molecule has 23 heavy (non-hydrogen) atoms. The van der Waals surface area contributed by atoms with E-state index < -0.39 is 0 Å². The highest BCUT2D eigenvalue weighted by Crippen LogP contribution is 2.25. The maximum absolute atomic E-state index is 9.14. The van der Waals surface area contributed by atoms with E-state index in [2.05, 4.69) is 39.8 Å². The van der Waals surface area contributed by atoms with E-state index in [-0.39, 0.29) is 6.61 Å². The molecule has 1 N–H and O–H groups in total. The molecule has 0 saturated carbocycles. The van der Waals surface area contributed by atoms with E-state index in [9.17, 15) is 0 Å². The lowest BCUT2D eigenvalue weighted by Gasteiger charge is -2.06. The first-order chi connectivity index (χ1) is 11.3. The second-order valence-corrected chi connectivity index (χ2v) is 5.51. The van der Waals surface area contributed by atoms with Crippen molar-refractivity contribution in [2.45, 2.75) is 6.61 Å². The van der Waals surface area contributed by atoms with Crippen molar-refractivity contribution in [1.29, 1.82) is 0 Å². The molecule has 3 nitrogen and oxygen atoms in total. The minimum atomic E-state index is 0.0695. The minimum Gasteiger partial charge on any atom is -0.392 e. The second kappa shape index (κ2) is 5.71. The predicted molar refractivity (Wildman–Crippen MR) is 92.0 cm³/mol. The van der Waals surface area contributed by atoms with Crippen molar-refractivity contribution in [2.75, 3.05) is 0 Å². The summed E-state index contributed by atoms with van der Waals surface area (Å²) in [5.74, 6) is 0. The van der Waals surface area contributed by atoms with Crippen LogP contribution in [-0.2, 0) is 6.61 Å². The Hall–Kier alpha value is -2.91. The Kier molecular flexibility index (Phi) is 3.41. The van der Waals surface area contributed by atoms with Crippen molar-refractivity contribution in [2.24, 2.45) is 0 Å². The molecule has 0 aliphatic rings. The van der Waals surface area contributed by atoms with Gasteiger partial charge in [-0.3, -0.25) is 4.40 Å². The summed E-state index contributed by atoms with van der Waals surface area (Å²) in [5, 5.41) is 9.14. The van der Waals surface area contributed by atoms with Crippen LogP contribution in [0.5, 0.6) is 0 Å². The molecule has 112 valence electrons. The van der Waals surface area contributed by atoms with Gasteiger partial charge in [-0.2, -0.15) is 0 Å². The Bertz CT molecular complexity index is 940. The van der Waals surface area contributed by atoms with Gasteiger partial charge in [0.1, 0.15) is 5.65 Å². The molecule has 4 aromatic rings. The van der Waals surface area contributed by atoms with Gasteiger partial charge in [-0.1, -0.05) is 54.6 Å². The first-order valence-electron chi connectivity index (χ1n) is 7.58. The van der Waals surface area contributed by atoms with Crippen molar-refractivity contribution >= 4 is 5.65 Å². The van der Waals surface area contributed by atoms with Crippen LogP contribution in [0.15, 0.2) is 79.1 Å². The molecule has 0 bridgehead atoms. The second-order valence-electron chi connectivity index (χ2n) is 5.51. The molecule has 0 amide bonds. The number of imidazole rings is 1. The lowest BCUT2D eigenvalue weighted by molar-refractivity contribution is 0.282. The minimum absolute atomic E-state index is 0.0695. The zero-order valence-corrected chi connectivity index (χ0v) is 12.6. The zero-order chi connectivity index (χ0) is 15.6. The Morgan fingerprint density at radius 3 is 2.35 bits per heavy atom. The zero-order valence-electron chi connectivity index (χ0n) is 12.6. The van der Waals surface area contributed by atoms with E-state index in [1.807, 2.05) is 48.7 Å². The van der Waals surface area contributed by atoms with Crippen molar-refractivity contribution in [1.82, 2.24) is 9.38 Å². The third-order valence-electron chi connectivity index (χ3n) is 4.05. The summed E-state index contributed by atoms with van der Waals surface area (Å²) in [6, 6.07) is 22.4. The molecule has 0 atom stereocenters. The molecule has 0 spiro atoms. The Morgan fingerprint density at radius 2 is 1.61 bits per heavy atom. The third kappa shape index (κ3) is 2.51. The van der Waals surface area contributed by atoms with E-state index in [0.29, 0.717) is 0 Å². The number of rotatable bonds is 3.